The number of carbonyl (C=O) groups is 2. The van der Waals surface area contributed by atoms with Crippen LogP contribution in [0.5, 0.6) is 5.75 Å². The standard InChI is InChI=1S/C27H38N6O3/c1-16-9-10-17(11-22(16)33-14-21(31-32-33)25(35)29-15-26(2,3)4)24(34)30-20-13-18(27(5,6)7)12-19(28)23(20)36-8/h9-13,21H,14-15,28H2,1-8H3,(H,29,35)(H,30,34). The zero-order chi connectivity index (χ0) is 26.8. The molecule has 1 unspecified atom stereocenters. The van der Waals surface area contributed by atoms with Crippen molar-refractivity contribution in [1.29, 1.82) is 0 Å². The molecule has 0 saturated carbocycles. The van der Waals surface area contributed by atoms with E-state index < -0.39 is 6.04 Å². The molecule has 0 radical (unpaired) electrons. The minimum atomic E-state index is -0.600. The van der Waals surface area contributed by atoms with Gasteiger partial charge in [-0.2, -0.15) is 5.11 Å². The molecule has 194 valence electrons. The SMILES string of the molecule is COc1c(N)cc(C(C)(C)C)cc1NC(=O)c1ccc(C)c(N2CC(C(=O)NCC(C)(C)C)N=N2)c1. The number of rotatable bonds is 6. The Hall–Kier alpha value is -3.62. The van der Waals surface area contributed by atoms with Crippen molar-refractivity contribution >= 4 is 28.9 Å². The minimum absolute atomic E-state index is 0.0247. The molecule has 1 aliphatic rings. The molecule has 0 spiro atoms. The maximum atomic E-state index is 13.2. The van der Waals surface area contributed by atoms with Crippen molar-refractivity contribution in [3.8, 4) is 5.75 Å². The molecule has 1 atom stereocenters. The van der Waals surface area contributed by atoms with E-state index in [2.05, 4.69) is 62.5 Å². The first kappa shape index (κ1) is 27.0. The van der Waals surface area contributed by atoms with E-state index in [0.29, 0.717) is 41.5 Å². The fourth-order valence-electron chi connectivity index (χ4n) is 3.74. The normalized spacial score (nSPS) is 15.7. The van der Waals surface area contributed by atoms with Gasteiger partial charge >= 0.3 is 0 Å². The van der Waals surface area contributed by atoms with E-state index in [1.165, 1.54) is 7.11 Å². The predicted molar refractivity (Wildman–Crippen MR) is 144 cm³/mol. The van der Waals surface area contributed by atoms with E-state index in [1.807, 2.05) is 25.1 Å². The van der Waals surface area contributed by atoms with Crippen LogP contribution in [0, 0.1) is 12.3 Å². The summed E-state index contributed by atoms with van der Waals surface area (Å²) >= 11 is 0. The fourth-order valence-corrected chi connectivity index (χ4v) is 3.74. The van der Waals surface area contributed by atoms with Crippen LogP contribution in [0.3, 0.4) is 0 Å². The van der Waals surface area contributed by atoms with Crippen molar-refractivity contribution < 1.29 is 14.3 Å². The van der Waals surface area contributed by atoms with E-state index in [0.717, 1.165) is 11.1 Å². The number of benzene rings is 2. The van der Waals surface area contributed by atoms with E-state index in [9.17, 15) is 9.59 Å². The first-order valence-corrected chi connectivity index (χ1v) is 12.1. The van der Waals surface area contributed by atoms with Crippen molar-refractivity contribution in [3.63, 3.8) is 0 Å². The van der Waals surface area contributed by atoms with Crippen molar-refractivity contribution in [1.82, 2.24) is 5.32 Å². The number of hydrogen-bond donors (Lipinski definition) is 3. The molecular weight excluding hydrogens is 456 g/mol. The van der Waals surface area contributed by atoms with E-state index >= 15 is 0 Å². The highest BCUT2D eigenvalue weighted by Crippen LogP contribution is 2.37. The fraction of sp³-hybridized carbons (Fsp3) is 0.481. The molecule has 36 heavy (non-hydrogen) atoms. The Labute approximate surface area is 213 Å². The van der Waals surface area contributed by atoms with Crippen molar-refractivity contribution in [3.05, 3.63) is 47.0 Å². The number of amides is 2. The summed E-state index contributed by atoms with van der Waals surface area (Å²) in [5, 5.41) is 15.9. The van der Waals surface area contributed by atoms with Crippen LogP contribution in [0.4, 0.5) is 17.1 Å². The lowest BCUT2D eigenvalue weighted by atomic mass is 9.86. The average Bonchev–Trinajstić information content (AvgIpc) is 3.26. The molecule has 2 aromatic rings. The van der Waals surface area contributed by atoms with E-state index in [-0.39, 0.29) is 22.6 Å². The van der Waals surface area contributed by atoms with E-state index in [4.69, 9.17) is 10.5 Å². The summed E-state index contributed by atoms with van der Waals surface area (Å²) in [6.45, 7) is 15.2. The van der Waals surface area contributed by atoms with Crippen LogP contribution in [0.1, 0.15) is 63.0 Å². The largest absolute Gasteiger partial charge is 0.492 e. The number of carbonyl (C=O) groups excluding carboxylic acids is 2. The first-order valence-electron chi connectivity index (χ1n) is 12.1. The number of nitrogens with zero attached hydrogens (tertiary/aromatic N) is 3. The molecule has 0 saturated heterocycles. The Morgan fingerprint density at radius 1 is 1.14 bits per heavy atom. The number of anilines is 3. The summed E-state index contributed by atoms with van der Waals surface area (Å²) in [7, 11) is 1.52. The molecule has 1 aliphatic heterocycles. The van der Waals surface area contributed by atoms with E-state index in [1.54, 1.807) is 17.1 Å². The highest BCUT2D eigenvalue weighted by atomic mass is 16.5. The molecule has 2 amide bonds. The molecular formula is C27H38N6O3. The second-order valence-corrected chi connectivity index (χ2v) is 11.4. The Kier molecular flexibility index (Phi) is 7.62. The zero-order valence-electron chi connectivity index (χ0n) is 22.5. The van der Waals surface area contributed by atoms with Gasteiger partial charge in [-0.3, -0.25) is 9.59 Å². The van der Waals surface area contributed by atoms with Gasteiger partial charge in [0.05, 0.1) is 30.7 Å². The van der Waals surface area contributed by atoms with Crippen molar-refractivity contribution in [2.24, 2.45) is 15.8 Å². The van der Waals surface area contributed by atoms with Gasteiger partial charge in [0.25, 0.3) is 5.91 Å². The third-order valence-electron chi connectivity index (χ3n) is 5.93. The van der Waals surface area contributed by atoms with Crippen molar-refractivity contribution in [2.75, 3.05) is 36.3 Å². The van der Waals surface area contributed by atoms with Gasteiger partial charge in [0, 0.05) is 12.1 Å². The molecule has 9 nitrogen and oxygen atoms in total. The Morgan fingerprint density at radius 3 is 2.44 bits per heavy atom. The number of nitrogens with one attached hydrogen (secondary N) is 2. The quantitative estimate of drug-likeness (QED) is 0.496. The lowest BCUT2D eigenvalue weighted by molar-refractivity contribution is -0.122. The maximum absolute atomic E-state index is 13.2. The molecule has 2 aromatic carbocycles. The lowest BCUT2D eigenvalue weighted by Gasteiger charge is -2.23. The van der Waals surface area contributed by atoms with Gasteiger partial charge in [-0.05, 0) is 53.1 Å². The summed E-state index contributed by atoms with van der Waals surface area (Å²) in [4.78, 5) is 25.8. The minimum Gasteiger partial charge on any atom is -0.492 e. The van der Waals surface area contributed by atoms with Crippen LogP contribution in [0.15, 0.2) is 40.7 Å². The summed E-state index contributed by atoms with van der Waals surface area (Å²) in [6.07, 6.45) is 0. The third-order valence-corrected chi connectivity index (χ3v) is 5.93. The summed E-state index contributed by atoms with van der Waals surface area (Å²) < 4.78 is 5.47. The average molecular weight is 495 g/mol. The van der Waals surface area contributed by atoms with Crippen LogP contribution < -0.4 is 26.1 Å². The Bertz CT molecular complexity index is 1180. The van der Waals surface area contributed by atoms with Crippen LogP contribution >= 0.6 is 0 Å². The van der Waals surface area contributed by atoms with Crippen LogP contribution in [-0.2, 0) is 10.2 Å². The molecule has 4 N–H and O–H groups in total. The summed E-state index contributed by atoms with van der Waals surface area (Å²) in [5.41, 5.74) is 10.0. The topological polar surface area (TPSA) is 121 Å². The van der Waals surface area contributed by atoms with Crippen LogP contribution in [-0.4, -0.2) is 38.1 Å². The molecule has 1 heterocycles. The summed E-state index contributed by atoms with van der Waals surface area (Å²) in [6, 6.07) is 8.50. The van der Waals surface area contributed by atoms with Crippen molar-refractivity contribution in [2.45, 2.75) is 59.9 Å². The Balaban J connectivity index is 1.80. The molecule has 9 heteroatoms. The number of hydrogen-bond acceptors (Lipinski definition) is 7. The second kappa shape index (κ2) is 10.2. The van der Waals surface area contributed by atoms with Gasteiger partial charge in [0.2, 0.25) is 5.91 Å². The zero-order valence-corrected chi connectivity index (χ0v) is 22.5. The van der Waals surface area contributed by atoms with Crippen LogP contribution in [0.25, 0.3) is 0 Å². The molecule has 0 fully saturated rings. The number of ether oxygens (including phenoxy) is 1. The highest BCUT2D eigenvalue weighted by molar-refractivity contribution is 6.06. The molecule has 3 rings (SSSR count). The van der Waals surface area contributed by atoms with Gasteiger partial charge in [-0.1, -0.05) is 52.8 Å². The van der Waals surface area contributed by atoms with Gasteiger partial charge in [-0.25, -0.2) is 5.01 Å². The predicted octanol–water partition coefficient (Wildman–Crippen LogP) is 4.85. The first-order chi connectivity index (χ1) is 16.7. The molecule has 0 aromatic heterocycles. The Morgan fingerprint density at radius 2 is 1.83 bits per heavy atom. The monoisotopic (exact) mass is 494 g/mol. The lowest BCUT2D eigenvalue weighted by Crippen LogP contribution is -2.40. The van der Waals surface area contributed by atoms with Gasteiger partial charge in [-0.15, -0.1) is 0 Å². The van der Waals surface area contributed by atoms with Gasteiger partial charge < -0.3 is 21.1 Å². The maximum Gasteiger partial charge on any atom is 0.255 e. The van der Waals surface area contributed by atoms with Crippen LogP contribution in [0.2, 0.25) is 0 Å². The molecule has 0 aliphatic carbocycles. The second-order valence-electron chi connectivity index (χ2n) is 11.4. The number of nitrogen functional groups attached to an aromatic ring is 1. The highest BCUT2D eigenvalue weighted by Gasteiger charge is 2.29. The number of aryl methyl sites for hydroxylation is 1. The number of nitrogens with two attached hydrogens (primary N) is 1. The van der Waals surface area contributed by atoms with Gasteiger partial charge in [0.15, 0.2) is 11.8 Å². The number of methoxy groups -OCH3 is 1. The molecule has 0 bridgehead atoms. The third kappa shape index (κ3) is 6.33. The smallest absolute Gasteiger partial charge is 0.255 e. The summed E-state index contributed by atoms with van der Waals surface area (Å²) in [5.74, 6) is -0.0529. The van der Waals surface area contributed by atoms with Gasteiger partial charge in [0.1, 0.15) is 0 Å².